The first-order valence-corrected chi connectivity index (χ1v) is 6.79. The quantitative estimate of drug-likeness (QED) is 0.865. The van der Waals surface area contributed by atoms with Crippen molar-refractivity contribution < 1.29 is 13.9 Å². The molecule has 18 heavy (non-hydrogen) atoms. The fourth-order valence-electron chi connectivity index (χ4n) is 3.24. The van der Waals surface area contributed by atoms with E-state index in [1.807, 2.05) is 6.07 Å². The first-order valence-electron chi connectivity index (χ1n) is 6.79. The topological polar surface area (TPSA) is 51.5 Å². The number of hydrogen-bond donors (Lipinski definition) is 1. The number of furan rings is 1. The molecular formula is C14H17NO3. The first kappa shape index (κ1) is 10.6. The molecule has 0 aromatic carbocycles. The van der Waals surface area contributed by atoms with Gasteiger partial charge in [-0.1, -0.05) is 0 Å². The molecule has 2 atom stereocenters. The van der Waals surface area contributed by atoms with Gasteiger partial charge in [0.2, 0.25) is 0 Å². The van der Waals surface area contributed by atoms with Gasteiger partial charge in [-0.2, -0.15) is 0 Å². The number of nitrogens with one attached hydrogen (secondary N) is 1. The van der Waals surface area contributed by atoms with Crippen molar-refractivity contribution in [1.29, 1.82) is 0 Å². The molecule has 0 radical (unpaired) electrons. The van der Waals surface area contributed by atoms with Crippen LogP contribution in [0.4, 0.5) is 0 Å². The van der Waals surface area contributed by atoms with Gasteiger partial charge in [-0.3, -0.25) is 4.79 Å². The lowest BCUT2D eigenvalue weighted by atomic mass is 9.99. The maximum Gasteiger partial charge on any atom is 0.287 e. The summed E-state index contributed by atoms with van der Waals surface area (Å²) in [6.07, 6.45) is 5.44. The summed E-state index contributed by atoms with van der Waals surface area (Å²) in [5.41, 5.74) is 1.14. The molecule has 1 aromatic heterocycles. The van der Waals surface area contributed by atoms with E-state index in [1.54, 1.807) is 0 Å². The number of fused-ring (bicyclic) bond motifs is 2. The van der Waals surface area contributed by atoms with E-state index in [1.165, 1.54) is 18.4 Å². The highest BCUT2D eigenvalue weighted by Gasteiger charge is 2.59. The molecule has 1 aliphatic heterocycles. The van der Waals surface area contributed by atoms with Gasteiger partial charge < -0.3 is 14.5 Å². The Labute approximate surface area is 106 Å². The summed E-state index contributed by atoms with van der Waals surface area (Å²) in [6, 6.07) is 1.92. The normalized spacial score (nSPS) is 32.8. The Kier molecular flexibility index (Phi) is 2.13. The Balaban J connectivity index is 1.52. The van der Waals surface area contributed by atoms with Crippen molar-refractivity contribution in [2.45, 2.75) is 37.6 Å². The minimum absolute atomic E-state index is 0.0719. The molecule has 2 aliphatic carbocycles. The Morgan fingerprint density at radius 2 is 2.28 bits per heavy atom. The van der Waals surface area contributed by atoms with E-state index in [0.29, 0.717) is 18.3 Å². The van der Waals surface area contributed by atoms with Gasteiger partial charge in [0.15, 0.2) is 5.76 Å². The monoisotopic (exact) mass is 247 g/mol. The highest BCUT2D eigenvalue weighted by Crippen LogP contribution is 2.48. The number of carbonyl (C=O) groups excluding carboxylic acids is 1. The Morgan fingerprint density at radius 3 is 3.00 bits per heavy atom. The van der Waals surface area contributed by atoms with Crippen molar-refractivity contribution >= 4 is 5.91 Å². The predicted molar refractivity (Wildman–Crippen MR) is 64.5 cm³/mol. The van der Waals surface area contributed by atoms with E-state index in [9.17, 15) is 4.79 Å². The molecule has 2 fully saturated rings. The third kappa shape index (κ3) is 1.52. The molecule has 3 aliphatic rings. The van der Waals surface area contributed by atoms with Crippen LogP contribution in [0.15, 0.2) is 10.5 Å². The van der Waals surface area contributed by atoms with Crippen molar-refractivity contribution in [3.8, 4) is 0 Å². The van der Waals surface area contributed by atoms with Crippen LogP contribution in [0.3, 0.4) is 0 Å². The third-order valence-corrected chi connectivity index (χ3v) is 4.49. The number of ether oxygens (including phenoxy) is 1. The van der Waals surface area contributed by atoms with Gasteiger partial charge in [0.05, 0.1) is 18.8 Å². The van der Waals surface area contributed by atoms with Gasteiger partial charge >= 0.3 is 0 Å². The highest BCUT2D eigenvalue weighted by atomic mass is 16.5. The van der Waals surface area contributed by atoms with E-state index >= 15 is 0 Å². The zero-order valence-electron chi connectivity index (χ0n) is 10.3. The second-order valence-electron chi connectivity index (χ2n) is 5.79. The first-order chi connectivity index (χ1) is 8.77. The van der Waals surface area contributed by atoms with Crippen LogP contribution in [-0.2, 0) is 17.6 Å². The van der Waals surface area contributed by atoms with Crippen LogP contribution >= 0.6 is 0 Å². The smallest absolute Gasteiger partial charge is 0.287 e. The lowest BCUT2D eigenvalue weighted by molar-refractivity contribution is 0.0876. The van der Waals surface area contributed by atoms with Crippen LogP contribution in [0.5, 0.6) is 0 Å². The molecule has 1 amide bonds. The van der Waals surface area contributed by atoms with Crippen molar-refractivity contribution in [1.82, 2.24) is 5.32 Å². The maximum atomic E-state index is 12.2. The van der Waals surface area contributed by atoms with Crippen molar-refractivity contribution in [3.63, 3.8) is 0 Å². The summed E-state index contributed by atoms with van der Waals surface area (Å²) >= 11 is 0. The second-order valence-corrected chi connectivity index (χ2v) is 5.79. The minimum Gasteiger partial charge on any atom is -0.456 e. The van der Waals surface area contributed by atoms with Gasteiger partial charge in [0.25, 0.3) is 5.91 Å². The molecule has 4 heteroatoms. The van der Waals surface area contributed by atoms with Gasteiger partial charge in [-0.05, 0) is 37.3 Å². The van der Waals surface area contributed by atoms with Gasteiger partial charge in [-0.15, -0.1) is 0 Å². The molecule has 0 unspecified atom stereocenters. The number of carbonyl (C=O) groups is 1. The lowest BCUT2D eigenvalue weighted by Gasteiger charge is -2.12. The molecule has 96 valence electrons. The second kappa shape index (κ2) is 3.60. The maximum absolute atomic E-state index is 12.2. The SMILES string of the molecule is O=C(N[C@@]12COC[C@@H]1C2)c1cc2c(o1)CCCC2. The Morgan fingerprint density at radius 1 is 1.39 bits per heavy atom. The molecule has 0 bridgehead atoms. The molecule has 1 N–H and O–H groups in total. The Hall–Kier alpha value is -1.29. The summed E-state index contributed by atoms with van der Waals surface area (Å²) in [4.78, 5) is 12.2. The van der Waals surface area contributed by atoms with Crippen LogP contribution in [0, 0.1) is 5.92 Å². The number of rotatable bonds is 2. The molecule has 1 saturated heterocycles. The fraction of sp³-hybridized carbons (Fsp3) is 0.643. The van der Waals surface area contributed by atoms with E-state index in [4.69, 9.17) is 9.15 Å². The van der Waals surface area contributed by atoms with E-state index in [-0.39, 0.29) is 11.4 Å². The summed E-state index contributed by atoms with van der Waals surface area (Å²) < 4.78 is 11.1. The summed E-state index contributed by atoms with van der Waals surface area (Å²) in [5.74, 6) is 1.94. The van der Waals surface area contributed by atoms with Gasteiger partial charge in [-0.25, -0.2) is 0 Å². The molecule has 4 nitrogen and oxygen atoms in total. The molecule has 1 saturated carbocycles. The summed E-state index contributed by atoms with van der Waals surface area (Å²) in [5, 5.41) is 3.10. The number of aryl methyl sites for hydroxylation is 2. The predicted octanol–water partition coefficient (Wildman–Crippen LogP) is 1.68. The molecule has 2 heterocycles. The largest absolute Gasteiger partial charge is 0.456 e. The lowest BCUT2D eigenvalue weighted by Crippen LogP contribution is -2.39. The highest BCUT2D eigenvalue weighted by molar-refractivity contribution is 5.92. The molecule has 0 spiro atoms. The van der Waals surface area contributed by atoms with Crippen LogP contribution in [-0.4, -0.2) is 24.7 Å². The van der Waals surface area contributed by atoms with Crippen molar-refractivity contribution in [2.75, 3.05) is 13.2 Å². The van der Waals surface area contributed by atoms with Crippen LogP contribution in [0.1, 0.15) is 41.1 Å². The van der Waals surface area contributed by atoms with Crippen LogP contribution in [0.25, 0.3) is 0 Å². The number of amides is 1. The summed E-state index contributed by atoms with van der Waals surface area (Å²) in [6.45, 7) is 1.44. The number of hydrogen-bond acceptors (Lipinski definition) is 3. The molecular weight excluding hydrogens is 230 g/mol. The zero-order valence-corrected chi connectivity index (χ0v) is 10.3. The fourth-order valence-corrected chi connectivity index (χ4v) is 3.24. The van der Waals surface area contributed by atoms with Crippen molar-refractivity contribution in [3.05, 3.63) is 23.2 Å². The van der Waals surface area contributed by atoms with Crippen LogP contribution < -0.4 is 5.32 Å². The van der Waals surface area contributed by atoms with E-state index in [0.717, 1.165) is 31.6 Å². The zero-order chi connectivity index (χ0) is 12.2. The third-order valence-electron chi connectivity index (χ3n) is 4.49. The average Bonchev–Trinajstić information content (AvgIpc) is 2.78. The molecule has 4 rings (SSSR count). The van der Waals surface area contributed by atoms with Crippen LogP contribution in [0.2, 0.25) is 0 Å². The minimum atomic E-state index is -0.0790. The van der Waals surface area contributed by atoms with E-state index < -0.39 is 0 Å². The van der Waals surface area contributed by atoms with E-state index in [2.05, 4.69) is 5.32 Å². The summed E-state index contributed by atoms with van der Waals surface area (Å²) in [7, 11) is 0. The standard InChI is InChI=1S/C14H17NO3/c16-13(15-14-6-10(14)7-17-8-14)12-5-9-3-1-2-4-11(9)18-12/h5,10H,1-4,6-8H2,(H,15,16)/t10-,14-/m0/s1. The Bertz CT molecular complexity index is 484. The average molecular weight is 247 g/mol. The van der Waals surface area contributed by atoms with Crippen molar-refractivity contribution in [2.24, 2.45) is 5.92 Å². The molecule has 1 aromatic rings. The van der Waals surface area contributed by atoms with Gasteiger partial charge in [0, 0.05) is 12.3 Å². The van der Waals surface area contributed by atoms with Gasteiger partial charge in [0.1, 0.15) is 5.76 Å².